The van der Waals surface area contributed by atoms with E-state index in [0.717, 1.165) is 6.42 Å². The van der Waals surface area contributed by atoms with Crippen molar-refractivity contribution in [3.8, 4) is 0 Å². The van der Waals surface area contributed by atoms with Crippen LogP contribution in [0.2, 0.25) is 0 Å². The second-order valence-corrected chi connectivity index (χ2v) is 3.11. The van der Waals surface area contributed by atoms with Crippen molar-refractivity contribution >= 4 is 18.8 Å². The summed E-state index contributed by atoms with van der Waals surface area (Å²) in [6, 6.07) is 0. The molecule has 0 amide bonds. The summed E-state index contributed by atoms with van der Waals surface area (Å²) in [5, 5.41) is 6.21. The van der Waals surface area contributed by atoms with E-state index in [4.69, 9.17) is 0 Å². The topological polar surface area (TPSA) is 15.6 Å². The minimum atomic E-state index is 0.411. The maximum absolute atomic E-state index is 4.19. The fraction of sp³-hybridized carbons (Fsp3) is 0.833. The maximum atomic E-state index is 4.19. The van der Waals surface area contributed by atoms with E-state index in [9.17, 15) is 0 Å². The van der Waals surface area contributed by atoms with Crippen molar-refractivity contribution in [2.45, 2.75) is 18.6 Å². The molecule has 0 aliphatic rings. The molecular weight excluding hydrogens is 132 g/mol. The molecule has 0 rings (SSSR count). The second kappa shape index (κ2) is 4.68. The molecule has 3 heteroatoms. The van der Waals surface area contributed by atoms with Crippen molar-refractivity contribution in [1.82, 2.24) is 5.01 Å². The van der Waals surface area contributed by atoms with Gasteiger partial charge in [0.15, 0.2) is 0 Å². The van der Waals surface area contributed by atoms with Crippen LogP contribution in [0.15, 0.2) is 5.10 Å². The number of rotatable bonds is 3. The number of hydrazone groups is 1. The lowest BCUT2D eigenvalue weighted by atomic mass is 10.4. The highest BCUT2D eigenvalue weighted by Gasteiger charge is 1.87. The third kappa shape index (κ3) is 7.82. The maximum Gasteiger partial charge on any atom is 0.0255 e. The normalized spacial score (nSPS) is 14.2. The number of hydrogen-bond acceptors (Lipinski definition) is 3. The fourth-order valence-corrected chi connectivity index (χ4v) is 0.457. The first kappa shape index (κ1) is 8.82. The summed E-state index contributed by atoms with van der Waals surface area (Å²) in [5.74, 6) is 0. The summed E-state index contributed by atoms with van der Waals surface area (Å²) < 4.78 is 0. The smallest absolute Gasteiger partial charge is 0.0255 e. The van der Waals surface area contributed by atoms with Gasteiger partial charge in [-0.15, -0.1) is 0 Å². The Bertz CT molecular complexity index is 89.1. The molecule has 0 spiro atoms. The Kier molecular flexibility index (Phi) is 4.58. The standard InChI is InChI=1S/C6H14N2S/c1-6(9)4-5-7-8(2)3/h5-6,9H,4H2,1-3H3. The van der Waals surface area contributed by atoms with Gasteiger partial charge in [0.05, 0.1) is 0 Å². The zero-order valence-corrected chi connectivity index (χ0v) is 7.10. The highest BCUT2D eigenvalue weighted by molar-refractivity contribution is 7.80. The van der Waals surface area contributed by atoms with Gasteiger partial charge in [-0.1, -0.05) is 6.92 Å². The first-order valence-corrected chi connectivity index (χ1v) is 3.52. The van der Waals surface area contributed by atoms with E-state index in [1.54, 1.807) is 5.01 Å². The molecule has 0 aromatic heterocycles. The molecule has 54 valence electrons. The molecule has 0 aromatic rings. The molecule has 9 heavy (non-hydrogen) atoms. The molecule has 1 unspecified atom stereocenters. The Hall–Kier alpha value is -0.180. The van der Waals surface area contributed by atoms with Crippen LogP contribution in [0.1, 0.15) is 13.3 Å². The van der Waals surface area contributed by atoms with Gasteiger partial charge in [-0.2, -0.15) is 17.7 Å². The van der Waals surface area contributed by atoms with Crippen molar-refractivity contribution < 1.29 is 0 Å². The zero-order valence-electron chi connectivity index (χ0n) is 6.20. The van der Waals surface area contributed by atoms with Crippen molar-refractivity contribution in [3.05, 3.63) is 0 Å². The largest absolute Gasteiger partial charge is 0.303 e. The summed E-state index contributed by atoms with van der Waals surface area (Å²) in [5.41, 5.74) is 0. The second-order valence-electron chi connectivity index (χ2n) is 2.23. The molecular formula is C6H14N2S. The number of hydrogen-bond donors (Lipinski definition) is 1. The SMILES string of the molecule is CC(S)CC=NN(C)C. The van der Waals surface area contributed by atoms with Crippen LogP contribution >= 0.6 is 12.6 Å². The van der Waals surface area contributed by atoms with E-state index in [1.807, 2.05) is 27.2 Å². The lowest BCUT2D eigenvalue weighted by Gasteiger charge is -2.02. The molecule has 0 aromatic carbocycles. The molecule has 0 saturated carbocycles. The van der Waals surface area contributed by atoms with E-state index >= 15 is 0 Å². The molecule has 0 heterocycles. The predicted molar refractivity (Wildman–Crippen MR) is 45.2 cm³/mol. The van der Waals surface area contributed by atoms with Gasteiger partial charge in [0.2, 0.25) is 0 Å². The van der Waals surface area contributed by atoms with Crippen LogP contribution in [0.3, 0.4) is 0 Å². The van der Waals surface area contributed by atoms with Crippen molar-refractivity contribution in [2.75, 3.05) is 14.1 Å². The molecule has 0 saturated heterocycles. The lowest BCUT2D eigenvalue weighted by molar-refractivity contribution is 0.439. The lowest BCUT2D eigenvalue weighted by Crippen LogP contribution is -2.02. The number of thiol groups is 1. The summed E-state index contributed by atoms with van der Waals surface area (Å²) in [6.07, 6.45) is 2.80. The third-order valence-corrected chi connectivity index (χ3v) is 0.970. The van der Waals surface area contributed by atoms with Gasteiger partial charge in [-0.3, -0.25) is 0 Å². The molecule has 0 aliphatic carbocycles. The molecule has 2 nitrogen and oxygen atoms in total. The van der Waals surface area contributed by atoms with Crippen LogP contribution in [-0.2, 0) is 0 Å². The van der Waals surface area contributed by atoms with Gasteiger partial charge in [-0.25, -0.2) is 0 Å². The van der Waals surface area contributed by atoms with Crippen LogP contribution in [0.5, 0.6) is 0 Å². The first-order valence-electron chi connectivity index (χ1n) is 3.00. The summed E-state index contributed by atoms with van der Waals surface area (Å²) in [4.78, 5) is 0. The van der Waals surface area contributed by atoms with E-state index in [-0.39, 0.29) is 0 Å². The molecule has 0 radical (unpaired) electrons. The average Bonchev–Trinajstić information content (AvgIpc) is 1.63. The summed E-state index contributed by atoms with van der Waals surface area (Å²) >= 11 is 4.19. The van der Waals surface area contributed by atoms with Crippen LogP contribution < -0.4 is 0 Å². The Morgan fingerprint density at radius 2 is 2.22 bits per heavy atom. The van der Waals surface area contributed by atoms with Gasteiger partial charge in [-0.05, 0) is 6.42 Å². The monoisotopic (exact) mass is 146 g/mol. The van der Waals surface area contributed by atoms with Crippen molar-refractivity contribution in [2.24, 2.45) is 5.10 Å². The highest BCUT2D eigenvalue weighted by atomic mass is 32.1. The predicted octanol–water partition coefficient (Wildman–Crippen LogP) is 1.24. The highest BCUT2D eigenvalue weighted by Crippen LogP contribution is 1.95. The van der Waals surface area contributed by atoms with E-state index in [0.29, 0.717) is 5.25 Å². The Balaban J connectivity index is 3.25. The minimum Gasteiger partial charge on any atom is -0.303 e. The first-order chi connectivity index (χ1) is 4.13. The van der Waals surface area contributed by atoms with Gasteiger partial charge >= 0.3 is 0 Å². The van der Waals surface area contributed by atoms with Gasteiger partial charge < -0.3 is 5.01 Å². The Morgan fingerprint density at radius 3 is 2.56 bits per heavy atom. The molecule has 1 atom stereocenters. The van der Waals surface area contributed by atoms with Crippen LogP contribution in [0, 0.1) is 0 Å². The molecule has 0 bridgehead atoms. The molecule has 0 fully saturated rings. The van der Waals surface area contributed by atoms with E-state index in [2.05, 4.69) is 17.7 Å². The van der Waals surface area contributed by atoms with Gasteiger partial charge in [0.1, 0.15) is 0 Å². The van der Waals surface area contributed by atoms with Gasteiger partial charge in [0, 0.05) is 25.6 Å². The molecule has 0 aliphatic heterocycles. The Morgan fingerprint density at radius 1 is 1.67 bits per heavy atom. The minimum absolute atomic E-state index is 0.411. The van der Waals surface area contributed by atoms with E-state index in [1.165, 1.54) is 0 Å². The zero-order chi connectivity index (χ0) is 7.28. The molecule has 0 N–H and O–H groups in total. The van der Waals surface area contributed by atoms with E-state index < -0.39 is 0 Å². The summed E-state index contributed by atoms with van der Waals surface area (Å²) in [6.45, 7) is 2.05. The summed E-state index contributed by atoms with van der Waals surface area (Å²) in [7, 11) is 3.80. The number of nitrogens with zero attached hydrogens (tertiary/aromatic N) is 2. The van der Waals surface area contributed by atoms with Crippen LogP contribution in [0.25, 0.3) is 0 Å². The van der Waals surface area contributed by atoms with Gasteiger partial charge in [0.25, 0.3) is 0 Å². The van der Waals surface area contributed by atoms with Crippen LogP contribution in [-0.4, -0.2) is 30.6 Å². The quantitative estimate of drug-likeness (QED) is 0.360. The average molecular weight is 146 g/mol. The van der Waals surface area contributed by atoms with Crippen molar-refractivity contribution in [3.63, 3.8) is 0 Å². The van der Waals surface area contributed by atoms with Crippen LogP contribution in [0.4, 0.5) is 0 Å². The Labute approximate surface area is 62.3 Å². The van der Waals surface area contributed by atoms with Crippen molar-refractivity contribution in [1.29, 1.82) is 0 Å². The fourth-order valence-electron chi connectivity index (χ4n) is 0.363. The third-order valence-electron chi connectivity index (χ3n) is 0.759.